The first-order valence-electron chi connectivity index (χ1n) is 11.2. The second-order valence-electron chi connectivity index (χ2n) is 8.84. The third-order valence-electron chi connectivity index (χ3n) is 4.70. The smallest absolute Gasteiger partial charge is 0.286 e. The first kappa shape index (κ1) is 33.6. The van der Waals surface area contributed by atoms with Crippen LogP contribution < -0.4 is 22.6 Å². The van der Waals surface area contributed by atoms with Gasteiger partial charge in [-0.3, -0.25) is 19.7 Å². The minimum atomic E-state index is -0.331. The van der Waals surface area contributed by atoms with Gasteiger partial charge in [-0.25, -0.2) is 14.4 Å². The molecule has 7 nitrogen and oxygen atoms in total. The third-order valence-corrected chi connectivity index (χ3v) is 8.31. The Hall–Kier alpha value is -2.44. The van der Waals surface area contributed by atoms with Gasteiger partial charge in [0.25, 0.3) is 5.24 Å². The van der Waals surface area contributed by atoms with Gasteiger partial charge in [0.2, 0.25) is 5.00 Å². The van der Waals surface area contributed by atoms with E-state index in [4.69, 9.17) is 0 Å². The Morgan fingerprint density at radius 2 is 1.66 bits per heavy atom. The molecule has 0 radical (unpaired) electrons. The van der Waals surface area contributed by atoms with Crippen molar-refractivity contribution in [3.63, 3.8) is 0 Å². The number of amides is 1. The highest BCUT2D eigenvalue weighted by Gasteiger charge is 2.23. The fourth-order valence-corrected chi connectivity index (χ4v) is 5.81. The summed E-state index contributed by atoms with van der Waals surface area (Å²) in [5, 5.41) is 5.74. The summed E-state index contributed by atoms with van der Waals surface area (Å²) in [6.07, 6.45) is 6.34. The molecule has 4 aromatic rings. The van der Waals surface area contributed by atoms with Crippen molar-refractivity contribution in [3.05, 3.63) is 60.2 Å². The van der Waals surface area contributed by atoms with Crippen molar-refractivity contribution in [3.8, 4) is 21.1 Å². The van der Waals surface area contributed by atoms with Gasteiger partial charge in [-0.2, -0.15) is 0 Å². The van der Waals surface area contributed by atoms with Crippen molar-refractivity contribution in [1.29, 1.82) is 0 Å². The number of rotatable bonds is 4. The van der Waals surface area contributed by atoms with E-state index in [1.54, 1.807) is 41.9 Å². The standard InChI is InChI=1S/C15H19N3OS2.C10H10FN3S.CH4.ClH/c1-10-13(18(5)14(19)21-15(2,3)4)20-12(17-10)11-7-6-8-16-9-11;1-6-9(12-2)15-10(14-6)7-3-8(11)5-13-4-7;;/h6-9H,1-5H3;3-5,12H,1-2H3;1H4;1H. The average molecular weight is 597 g/mol. The maximum absolute atomic E-state index is 12.9. The van der Waals surface area contributed by atoms with E-state index in [1.807, 2.05) is 59.1 Å². The van der Waals surface area contributed by atoms with Crippen LogP contribution in [0.25, 0.3) is 21.1 Å². The number of halogens is 2. The number of quaternary nitrogens is 1. The second kappa shape index (κ2) is 14.6. The fraction of sp³-hybridized carbons (Fsp3) is 0.346. The number of carbonyl (C=O) groups excluding carboxylic acids is 1. The average Bonchev–Trinajstić information content (AvgIpc) is 3.41. The van der Waals surface area contributed by atoms with E-state index < -0.39 is 0 Å². The van der Waals surface area contributed by atoms with Gasteiger partial charge in [0.05, 0.1) is 18.9 Å². The van der Waals surface area contributed by atoms with E-state index in [9.17, 15) is 9.18 Å². The zero-order valence-corrected chi connectivity index (χ0v) is 24.9. The molecule has 12 heteroatoms. The molecule has 1 amide bonds. The number of aryl methyl sites for hydroxylation is 2. The lowest BCUT2D eigenvalue weighted by Crippen LogP contribution is -3.00. The van der Waals surface area contributed by atoms with E-state index in [2.05, 4.69) is 19.9 Å². The minimum absolute atomic E-state index is 0. The molecule has 0 unspecified atom stereocenters. The van der Waals surface area contributed by atoms with E-state index in [-0.39, 0.29) is 35.6 Å². The number of pyridine rings is 2. The molecule has 0 aliphatic rings. The number of carbonyl (C=O) groups is 1. The molecule has 0 aliphatic carbocycles. The molecule has 4 heterocycles. The molecule has 0 saturated carbocycles. The van der Waals surface area contributed by atoms with Crippen molar-refractivity contribution in [2.45, 2.75) is 46.8 Å². The van der Waals surface area contributed by atoms with E-state index in [0.717, 1.165) is 42.5 Å². The highest BCUT2D eigenvalue weighted by Crippen LogP contribution is 2.36. The quantitative estimate of drug-likeness (QED) is 0.386. The molecule has 38 heavy (non-hydrogen) atoms. The van der Waals surface area contributed by atoms with Crippen molar-refractivity contribution in [1.82, 2.24) is 19.9 Å². The molecular formula is C26H34ClFN6OS3. The molecule has 4 rings (SSSR count). The molecule has 2 N–H and O–H groups in total. The molecular weight excluding hydrogens is 563 g/mol. The Labute approximate surface area is 242 Å². The molecule has 0 aliphatic heterocycles. The molecule has 0 spiro atoms. The van der Waals surface area contributed by atoms with Gasteiger partial charge in [-0.05, 0) is 32.0 Å². The van der Waals surface area contributed by atoms with Crippen LogP contribution >= 0.6 is 34.4 Å². The summed E-state index contributed by atoms with van der Waals surface area (Å²) in [6.45, 7) is 9.97. The van der Waals surface area contributed by atoms with Crippen LogP contribution in [0, 0.1) is 19.7 Å². The number of hydrogen-bond donors (Lipinski definition) is 1. The summed E-state index contributed by atoms with van der Waals surface area (Å²) in [4.78, 5) is 30.8. The lowest BCUT2D eigenvalue weighted by Gasteiger charge is -2.21. The van der Waals surface area contributed by atoms with Gasteiger partial charge in [-0.1, -0.05) is 62.6 Å². The Morgan fingerprint density at radius 3 is 2.21 bits per heavy atom. The SMILES string of the molecule is C.C[NH2+]c1sc(-c2cncc(F)c2)nc1C.Cc1nc(-c2cccnc2)sc1N(C)C(=O)SC(C)(C)C.[Cl-]. The number of nitrogens with two attached hydrogens (primary N) is 1. The monoisotopic (exact) mass is 596 g/mol. The Kier molecular flexibility index (Phi) is 12.9. The summed E-state index contributed by atoms with van der Waals surface area (Å²) < 4.78 is 12.8. The Balaban J connectivity index is 0.000000378. The topological polar surface area (TPSA) is 88.5 Å². The fourth-order valence-electron chi connectivity index (χ4n) is 3.05. The predicted octanol–water partition coefficient (Wildman–Crippen LogP) is 3.72. The van der Waals surface area contributed by atoms with Crippen LogP contribution in [0.1, 0.15) is 39.6 Å². The first-order chi connectivity index (χ1) is 17.0. The first-order valence-corrected chi connectivity index (χ1v) is 13.7. The molecule has 0 bridgehead atoms. The summed E-state index contributed by atoms with van der Waals surface area (Å²) in [6, 6.07) is 5.31. The number of aromatic nitrogens is 4. The van der Waals surface area contributed by atoms with E-state index in [1.165, 1.54) is 35.4 Å². The van der Waals surface area contributed by atoms with Crippen molar-refractivity contribution < 1.29 is 26.9 Å². The second-order valence-corrected chi connectivity index (χ2v) is 12.6. The van der Waals surface area contributed by atoms with Crippen molar-refractivity contribution in [2.24, 2.45) is 0 Å². The summed E-state index contributed by atoms with van der Waals surface area (Å²) >= 11 is 4.39. The molecule has 0 fully saturated rings. The van der Waals surface area contributed by atoms with Gasteiger partial charge in [0, 0.05) is 41.5 Å². The largest absolute Gasteiger partial charge is 1.00 e. The van der Waals surface area contributed by atoms with Crippen LogP contribution in [0.4, 0.5) is 19.2 Å². The van der Waals surface area contributed by atoms with Gasteiger partial charge >= 0.3 is 0 Å². The highest BCUT2D eigenvalue weighted by atomic mass is 35.5. The van der Waals surface area contributed by atoms with Crippen LogP contribution in [0.15, 0.2) is 43.0 Å². The Morgan fingerprint density at radius 1 is 1.03 bits per heavy atom. The van der Waals surface area contributed by atoms with Gasteiger partial charge in [-0.15, -0.1) is 0 Å². The number of hydrogen-bond acceptors (Lipinski definition) is 8. The molecule has 0 aromatic carbocycles. The predicted molar refractivity (Wildman–Crippen MR) is 156 cm³/mol. The van der Waals surface area contributed by atoms with E-state index >= 15 is 0 Å². The van der Waals surface area contributed by atoms with Gasteiger partial charge in [0.15, 0.2) is 0 Å². The molecule has 4 aromatic heterocycles. The number of nitrogens with zero attached hydrogens (tertiary/aromatic N) is 5. The molecule has 206 valence electrons. The maximum Gasteiger partial charge on any atom is 0.286 e. The normalized spacial score (nSPS) is 10.5. The minimum Gasteiger partial charge on any atom is -1.00 e. The van der Waals surface area contributed by atoms with Crippen LogP contribution in [0.3, 0.4) is 0 Å². The van der Waals surface area contributed by atoms with Gasteiger partial charge in [0.1, 0.15) is 26.5 Å². The number of thiazole rings is 2. The zero-order valence-electron chi connectivity index (χ0n) is 21.7. The number of anilines is 1. The van der Waals surface area contributed by atoms with E-state index in [0.29, 0.717) is 0 Å². The third kappa shape index (κ3) is 9.09. The molecule has 0 saturated heterocycles. The highest BCUT2D eigenvalue weighted by molar-refractivity contribution is 8.15. The van der Waals surface area contributed by atoms with Crippen molar-refractivity contribution in [2.75, 3.05) is 19.0 Å². The van der Waals surface area contributed by atoms with Crippen LogP contribution in [-0.4, -0.2) is 44.0 Å². The van der Waals surface area contributed by atoms with Crippen LogP contribution in [0.5, 0.6) is 0 Å². The zero-order chi connectivity index (χ0) is 26.5. The van der Waals surface area contributed by atoms with Crippen LogP contribution in [-0.2, 0) is 0 Å². The summed E-state index contributed by atoms with van der Waals surface area (Å²) in [5.74, 6) is -0.331. The summed E-state index contributed by atoms with van der Waals surface area (Å²) in [7, 11) is 3.77. The summed E-state index contributed by atoms with van der Waals surface area (Å²) in [5.41, 5.74) is 3.54. The Bertz CT molecular complexity index is 1320. The van der Waals surface area contributed by atoms with Gasteiger partial charge < -0.3 is 17.7 Å². The maximum atomic E-state index is 12.9. The van der Waals surface area contributed by atoms with Crippen molar-refractivity contribution >= 4 is 49.7 Å². The van der Waals surface area contributed by atoms with Crippen LogP contribution in [0.2, 0.25) is 0 Å². The number of thioether (sulfide) groups is 1. The molecule has 0 atom stereocenters. The lowest BCUT2D eigenvalue weighted by atomic mass is 10.3. The lowest BCUT2D eigenvalue weighted by molar-refractivity contribution is -0.535.